The summed E-state index contributed by atoms with van der Waals surface area (Å²) in [5.74, 6) is 2.02. The smallest absolute Gasteiger partial charge is 0.404 e. The van der Waals surface area contributed by atoms with E-state index in [9.17, 15) is 0 Å². The molecular formula is C15H29BClNO2. The van der Waals surface area contributed by atoms with Crippen molar-refractivity contribution >= 4 is 19.5 Å². The van der Waals surface area contributed by atoms with Gasteiger partial charge in [0, 0.05) is 5.94 Å². The van der Waals surface area contributed by atoms with Crippen LogP contribution in [0.1, 0.15) is 53.9 Å². The highest BCUT2D eigenvalue weighted by Gasteiger charge is 2.68. The molecule has 0 aromatic rings. The molecule has 0 spiro atoms. The summed E-state index contributed by atoms with van der Waals surface area (Å²) in [5.41, 5.74) is 6.56. The van der Waals surface area contributed by atoms with Crippen LogP contribution >= 0.6 is 12.4 Å². The first-order valence-corrected chi connectivity index (χ1v) is 7.84. The molecule has 5 heteroatoms. The molecule has 3 aliphatic carbocycles. The van der Waals surface area contributed by atoms with E-state index in [2.05, 4.69) is 34.6 Å². The van der Waals surface area contributed by atoms with Crippen LogP contribution in [-0.2, 0) is 9.31 Å². The van der Waals surface area contributed by atoms with Gasteiger partial charge in [-0.15, -0.1) is 12.4 Å². The lowest BCUT2D eigenvalue weighted by Gasteiger charge is -2.64. The lowest BCUT2D eigenvalue weighted by atomic mass is 9.43. The van der Waals surface area contributed by atoms with Gasteiger partial charge in [-0.25, -0.2) is 0 Å². The highest BCUT2D eigenvalue weighted by Crippen LogP contribution is 2.65. The Kier molecular flexibility index (Phi) is 4.28. The van der Waals surface area contributed by atoms with E-state index in [-0.39, 0.29) is 37.2 Å². The maximum absolute atomic E-state index is 6.35. The van der Waals surface area contributed by atoms with Crippen LogP contribution in [0.5, 0.6) is 0 Å². The van der Waals surface area contributed by atoms with E-state index in [0.717, 1.165) is 18.8 Å². The first-order valence-electron chi connectivity index (χ1n) is 7.84. The maximum Gasteiger partial charge on any atom is 0.475 e. The third-order valence-electron chi connectivity index (χ3n) is 6.06. The van der Waals surface area contributed by atoms with Crippen molar-refractivity contribution in [2.45, 2.75) is 71.5 Å². The average Bonchev–Trinajstić information content (AvgIpc) is 2.64. The van der Waals surface area contributed by atoms with Crippen molar-refractivity contribution in [2.24, 2.45) is 28.9 Å². The van der Waals surface area contributed by atoms with E-state index in [4.69, 9.17) is 15.0 Å². The molecule has 0 unspecified atom stereocenters. The first kappa shape index (κ1) is 16.6. The third kappa shape index (κ3) is 2.23. The minimum Gasteiger partial charge on any atom is -0.404 e. The second kappa shape index (κ2) is 5.15. The number of hydrogen-bond donors (Lipinski definition) is 1. The molecule has 4 fully saturated rings. The van der Waals surface area contributed by atoms with E-state index in [0.29, 0.717) is 17.3 Å². The van der Waals surface area contributed by atoms with Crippen LogP contribution in [0.4, 0.5) is 0 Å². The topological polar surface area (TPSA) is 44.5 Å². The standard InChI is InChI=1S/C15H28BNO2.ClH/c1-9(2)6-13(17)16-18-12-8-10-7-11(14(10,3)4)15(12,5)19-16;/h9-13H,6-8,17H2,1-5H3;1H/t10-,11+,12+,13-,15-;/m1./s1. The molecular weight excluding hydrogens is 272 g/mol. The monoisotopic (exact) mass is 301 g/mol. The Balaban J connectivity index is 0.00000147. The highest BCUT2D eigenvalue weighted by molar-refractivity contribution is 6.47. The van der Waals surface area contributed by atoms with E-state index < -0.39 is 0 Å². The van der Waals surface area contributed by atoms with Gasteiger partial charge in [-0.2, -0.15) is 0 Å². The molecule has 0 aromatic carbocycles. The molecule has 20 heavy (non-hydrogen) atoms. The minimum absolute atomic E-state index is 0. The zero-order valence-corrected chi connectivity index (χ0v) is 14.2. The van der Waals surface area contributed by atoms with Gasteiger partial charge in [0.15, 0.2) is 0 Å². The predicted octanol–water partition coefficient (Wildman–Crippen LogP) is 3.05. The van der Waals surface area contributed by atoms with E-state index in [1.807, 2.05) is 0 Å². The van der Waals surface area contributed by atoms with Crippen molar-refractivity contribution in [1.82, 2.24) is 0 Å². The second-order valence-electron chi connectivity index (χ2n) is 8.13. The van der Waals surface area contributed by atoms with Gasteiger partial charge in [-0.05, 0) is 49.4 Å². The SMILES string of the molecule is CC(C)C[C@@H](N)B1O[C@H]2C[C@H]3C[C@@H](C3(C)C)[C@@]2(C)O1.Cl. The summed E-state index contributed by atoms with van der Waals surface area (Å²) >= 11 is 0. The summed E-state index contributed by atoms with van der Waals surface area (Å²) in [7, 11) is -0.201. The van der Waals surface area contributed by atoms with E-state index >= 15 is 0 Å². The Hall–Kier alpha value is 0.235. The molecule has 0 amide bonds. The Morgan fingerprint density at radius 2 is 1.90 bits per heavy atom. The summed E-state index contributed by atoms with van der Waals surface area (Å²) in [6.45, 7) is 11.4. The van der Waals surface area contributed by atoms with Gasteiger partial charge in [-0.1, -0.05) is 27.7 Å². The lowest BCUT2D eigenvalue weighted by molar-refractivity contribution is -0.199. The fourth-order valence-electron chi connectivity index (χ4n) is 4.74. The molecule has 0 aromatic heterocycles. The molecule has 1 heterocycles. The number of hydrogen-bond acceptors (Lipinski definition) is 3. The normalized spacial score (nSPS) is 42.8. The Morgan fingerprint density at radius 1 is 1.25 bits per heavy atom. The zero-order valence-electron chi connectivity index (χ0n) is 13.4. The Labute approximate surface area is 129 Å². The molecule has 5 atom stereocenters. The predicted molar refractivity (Wildman–Crippen MR) is 84.8 cm³/mol. The van der Waals surface area contributed by atoms with Crippen LogP contribution in [0.3, 0.4) is 0 Å². The number of halogens is 1. The molecule has 1 saturated heterocycles. The molecule has 1 aliphatic heterocycles. The van der Waals surface area contributed by atoms with Gasteiger partial charge >= 0.3 is 7.12 Å². The molecule has 4 rings (SSSR count). The van der Waals surface area contributed by atoms with Crippen LogP contribution in [0.15, 0.2) is 0 Å². The van der Waals surface area contributed by atoms with Crippen LogP contribution in [0.25, 0.3) is 0 Å². The summed E-state index contributed by atoms with van der Waals surface area (Å²) in [5, 5.41) is 0. The van der Waals surface area contributed by atoms with Crippen molar-refractivity contribution in [3.8, 4) is 0 Å². The molecule has 0 radical (unpaired) electrons. The fraction of sp³-hybridized carbons (Fsp3) is 1.00. The van der Waals surface area contributed by atoms with Gasteiger partial charge in [0.2, 0.25) is 0 Å². The maximum atomic E-state index is 6.35. The largest absolute Gasteiger partial charge is 0.475 e. The summed E-state index contributed by atoms with van der Waals surface area (Å²) in [4.78, 5) is 0. The molecule has 2 N–H and O–H groups in total. The molecule has 116 valence electrons. The summed E-state index contributed by atoms with van der Waals surface area (Å²) in [6, 6.07) is 0. The fourth-order valence-corrected chi connectivity index (χ4v) is 4.74. The third-order valence-corrected chi connectivity index (χ3v) is 6.06. The van der Waals surface area contributed by atoms with Gasteiger partial charge < -0.3 is 15.0 Å². The van der Waals surface area contributed by atoms with E-state index in [1.54, 1.807) is 0 Å². The molecule has 2 bridgehead atoms. The van der Waals surface area contributed by atoms with Gasteiger partial charge in [-0.3, -0.25) is 0 Å². The quantitative estimate of drug-likeness (QED) is 0.815. The molecule has 3 saturated carbocycles. The Bertz CT molecular complexity index is 379. The summed E-state index contributed by atoms with van der Waals surface area (Å²) < 4.78 is 12.5. The van der Waals surface area contributed by atoms with Crippen molar-refractivity contribution in [3.05, 3.63) is 0 Å². The number of rotatable bonds is 3. The highest BCUT2D eigenvalue weighted by atomic mass is 35.5. The van der Waals surface area contributed by atoms with Crippen LogP contribution in [-0.4, -0.2) is 24.8 Å². The zero-order chi connectivity index (χ0) is 14.0. The van der Waals surface area contributed by atoms with Crippen molar-refractivity contribution in [2.75, 3.05) is 0 Å². The van der Waals surface area contributed by atoms with Crippen molar-refractivity contribution in [3.63, 3.8) is 0 Å². The van der Waals surface area contributed by atoms with Gasteiger partial charge in [0.05, 0.1) is 11.7 Å². The van der Waals surface area contributed by atoms with Crippen molar-refractivity contribution < 1.29 is 9.31 Å². The van der Waals surface area contributed by atoms with Gasteiger partial charge in [0.25, 0.3) is 0 Å². The average molecular weight is 302 g/mol. The summed E-state index contributed by atoms with van der Waals surface area (Å²) in [6.07, 6.45) is 3.67. The minimum atomic E-state index is -0.201. The van der Waals surface area contributed by atoms with Crippen LogP contribution in [0, 0.1) is 23.2 Å². The van der Waals surface area contributed by atoms with Crippen LogP contribution in [0.2, 0.25) is 0 Å². The molecule has 4 aliphatic rings. The number of nitrogens with two attached hydrogens (primary N) is 1. The van der Waals surface area contributed by atoms with Crippen LogP contribution < -0.4 is 5.73 Å². The van der Waals surface area contributed by atoms with E-state index in [1.165, 1.54) is 6.42 Å². The first-order chi connectivity index (χ1) is 8.75. The molecule has 3 nitrogen and oxygen atoms in total. The second-order valence-corrected chi connectivity index (χ2v) is 8.13. The van der Waals surface area contributed by atoms with Crippen molar-refractivity contribution in [1.29, 1.82) is 0 Å². The Morgan fingerprint density at radius 3 is 2.45 bits per heavy atom. The lowest BCUT2D eigenvalue weighted by Crippen LogP contribution is -2.65. The van der Waals surface area contributed by atoms with Gasteiger partial charge in [0.1, 0.15) is 0 Å².